The van der Waals surface area contributed by atoms with Crippen molar-refractivity contribution in [3.63, 3.8) is 0 Å². The molecular formula is C11H15N5O. The predicted molar refractivity (Wildman–Crippen MR) is 63.0 cm³/mol. The van der Waals surface area contributed by atoms with Gasteiger partial charge in [-0.25, -0.2) is 4.98 Å². The summed E-state index contributed by atoms with van der Waals surface area (Å²) in [6.45, 7) is 3.53. The number of β-amino-alcohol motifs (C(OH)–C–C–N with tert-alkyl or cyclic N) is 1. The van der Waals surface area contributed by atoms with Crippen molar-refractivity contribution in [2.45, 2.75) is 25.9 Å². The first-order chi connectivity index (χ1) is 8.24. The number of hydrogen-bond acceptors (Lipinski definition) is 5. The third-order valence-corrected chi connectivity index (χ3v) is 3.08. The highest BCUT2D eigenvalue weighted by atomic mass is 16.3. The molecule has 1 atom stereocenters. The fourth-order valence-electron chi connectivity index (χ4n) is 2.30. The van der Waals surface area contributed by atoms with Crippen LogP contribution in [0.15, 0.2) is 12.4 Å². The molecule has 1 fully saturated rings. The SMILES string of the molecule is Cc1cc(N2CCC[C@H](O)C2)n2ncnc2n1. The smallest absolute Gasteiger partial charge is 0.254 e. The fraction of sp³-hybridized carbons (Fsp3) is 0.545. The lowest BCUT2D eigenvalue weighted by molar-refractivity contribution is 0.153. The molecule has 6 nitrogen and oxygen atoms in total. The van der Waals surface area contributed by atoms with E-state index >= 15 is 0 Å². The molecule has 0 spiro atoms. The van der Waals surface area contributed by atoms with Crippen LogP contribution in [0.2, 0.25) is 0 Å². The molecule has 0 unspecified atom stereocenters. The molecule has 2 aromatic heterocycles. The lowest BCUT2D eigenvalue weighted by Gasteiger charge is -2.31. The van der Waals surface area contributed by atoms with Crippen LogP contribution in [0.3, 0.4) is 0 Å². The van der Waals surface area contributed by atoms with E-state index in [0.29, 0.717) is 12.3 Å². The van der Waals surface area contributed by atoms with E-state index in [0.717, 1.165) is 30.9 Å². The third-order valence-electron chi connectivity index (χ3n) is 3.08. The first kappa shape index (κ1) is 10.5. The van der Waals surface area contributed by atoms with Crippen molar-refractivity contribution in [2.24, 2.45) is 0 Å². The highest BCUT2D eigenvalue weighted by Gasteiger charge is 2.20. The number of aromatic nitrogens is 4. The second-order valence-corrected chi connectivity index (χ2v) is 4.47. The van der Waals surface area contributed by atoms with Gasteiger partial charge in [-0.1, -0.05) is 0 Å². The lowest BCUT2D eigenvalue weighted by atomic mass is 10.1. The van der Waals surface area contributed by atoms with Gasteiger partial charge in [-0.3, -0.25) is 0 Å². The van der Waals surface area contributed by atoms with E-state index in [4.69, 9.17) is 0 Å². The molecule has 1 saturated heterocycles. The Kier molecular flexibility index (Phi) is 2.44. The Hall–Kier alpha value is -1.69. The maximum atomic E-state index is 9.73. The van der Waals surface area contributed by atoms with Crippen LogP contribution in [0, 0.1) is 6.92 Å². The number of anilines is 1. The van der Waals surface area contributed by atoms with Crippen molar-refractivity contribution in [3.8, 4) is 0 Å². The molecule has 0 saturated carbocycles. The molecule has 1 aliphatic heterocycles. The minimum Gasteiger partial charge on any atom is -0.391 e. The standard InChI is InChI=1S/C11H15N5O/c1-8-5-10(15-4-2-3-9(17)6-15)16-11(14-8)12-7-13-16/h5,7,9,17H,2-4,6H2,1H3/t9-/m0/s1. The summed E-state index contributed by atoms with van der Waals surface area (Å²) < 4.78 is 1.73. The highest BCUT2D eigenvalue weighted by Crippen LogP contribution is 2.20. The molecule has 0 aromatic carbocycles. The van der Waals surface area contributed by atoms with Gasteiger partial charge in [0.05, 0.1) is 6.10 Å². The number of fused-ring (bicyclic) bond motifs is 1. The number of piperidine rings is 1. The Balaban J connectivity index is 2.06. The van der Waals surface area contributed by atoms with Gasteiger partial charge < -0.3 is 10.0 Å². The van der Waals surface area contributed by atoms with Gasteiger partial charge in [-0.15, -0.1) is 0 Å². The average molecular weight is 233 g/mol. The number of aliphatic hydroxyl groups excluding tert-OH is 1. The molecule has 0 radical (unpaired) electrons. The Morgan fingerprint density at radius 3 is 3.18 bits per heavy atom. The zero-order valence-electron chi connectivity index (χ0n) is 9.74. The molecule has 0 aliphatic carbocycles. The molecule has 17 heavy (non-hydrogen) atoms. The first-order valence-electron chi connectivity index (χ1n) is 5.84. The summed E-state index contributed by atoms with van der Waals surface area (Å²) in [7, 11) is 0. The van der Waals surface area contributed by atoms with Crippen molar-refractivity contribution in [3.05, 3.63) is 18.1 Å². The van der Waals surface area contributed by atoms with E-state index in [2.05, 4.69) is 20.0 Å². The number of aliphatic hydroxyl groups is 1. The minimum absolute atomic E-state index is 0.254. The number of nitrogens with zero attached hydrogens (tertiary/aromatic N) is 5. The maximum absolute atomic E-state index is 9.73. The minimum atomic E-state index is -0.254. The van der Waals surface area contributed by atoms with Gasteiger partial charge in [0.1, 0.15) is 12.1 Å². The lowest BCUT2D eigenvalue weighted by Crippen LogP contribution is -2.39. The summed E-state index contributed by atoms with van der Waals surface area (Å²) in [5, 5.41) is 13.9. The fourth-order valence-corrected chi connectivity index (χ4v) is 2.30. The van der Waals surface area contributed by atoms with E-state index in [-0.39, 0.29) is 6.10 Å². The van der Waals surface area contributed by atoms with Gasteiger partial charge in [-0.2, -0.15) is 14.6 Å². The zero-order valence-corrected chi connectivity index (χ0v) is 9.74. The van der Waals surface area contributed by atoms with E-state index in [1.165, 1.54) is 6.33 Å². The molecule has 1 N–H and O–H groups in total. The van der Waals surface area contributed by atoms with E-state index < -0.39 is 0 Å². The normalized spacial score (nSPS) is 21.1. The van der Waals surface area contributed by atoms with Crippen molar-refractivity contribution < 1.29 is 5.11 Å². The second-order valence-electron chi connectivity index (χ2n) is 4.47. The number of aryl methyl sites for hydroxylation is 1. The monoisotopic (exact) mass is 233 g/mol. The van der Waals surface area contributed by atoms with Crippen LogP contribution in [-0.2, 0) is 0 Å². The Labute approximate surface area is 98.9 Å². The van der Waals surface area contributed by atoms with Crippen molar-refractivity contribution in [1.29, 1.82) is 0 Å². The molecule has 3 rings (SSSR count). The number of hydrogen-bond donors (Lipinski definition) is 1. The van der Waals surface area contributed by atoms with E-state index in [1.54, 1.807) is 4.52 Å². The molecule has 1 aliphatic rings. The Morgan fingerprint density at radius 2 is 2.35 bits per heavy atom. The molecule has 2 aromatic rings. The van der Waals surface area contributed by atoms with Crippen LogP contribution in [0.1, 0.15) is 18.5 Å². The van der Waals surface area contributed by atoms with Crippen LogP contribution in [0.5, 0.6) is 0 Å². The van der Waals surface area contributed by atoms with Gasteiger partial charge in [0.15, 0.2) is 0 Å². The van der Waals surface area contributed by atoms with Crippen LogP contribution in [-0.4, -0.2) is 43.9 Å². The van der Waals surface area contributed by atoms with Crippen LogP contribution in [0.4, 0.5) is 5.82 Å². The van der Waals surface area contributed by atoms with Gasteiger partial charge in [-0.05, 0) is 19.8 Å². The van der Waals surface area contributed by atoms with Crippen LogP contribution in [0.25, 0.3) is 5.78 Å². The molecule has 90 valence electrons. The molecular weight excluding hydrogens is 218 g/mol. The molecule has 0 amide bonds. The maximum Gasteiger partial charge on any atom is 0.254 e. The van der Waals surface area contributed by atoms with E-state index in [9.17, 15) is 5.11 Å². The van der Waals surface area contributed by atoms with Crippen LogP contribution >= 0.6 is 0 Å². The van der Waals surface area contributed by atoms with Crippen molar-refractivity contribution in [1.82, 2.24) is 19.6 Å². The van der Waals surface area contributed by atoms with Gasteiger partial charge >= 0.3 is 0 Å². The summed E-state index contributed by atoms with van der Waals surface area (Å²) in [5.41, 5.74) is 0.917. The molecule has 6 heteroatoms. The van der Waals surface area contributed by atoms with Crippen molar-refractivity contribution in [2.75, 3.05) is 18.0 Å². The Bertz CT molecular complexity index is 538. The van der Waals surface area contributed by atoms with Crippen LogP contribution < -0.4 is 4.90 Å². The topological polar surface area (TPSA) is 66.5 Å². The molecule has 0 bridgehead atoms. The quantitative estimate of drug-likeness (QED) is 0.772. The highest BCUT2D eigenvalue weighted by molar-refractivity contribution is 5.47. The Morgan fingerprint density at radius 1 is 1.47 bits per heavy atom. The largest absolute Gasteiger partial charge is 0.391 e. The summed E-state index contributed by atoms with van der Waals surface area (Å²) in [6.07, 6.45) is 3.13. The van der Waals surface area contributed by atoms with Gasteiger partial charge in [0.25, 0.3) is 5.78 Å². The second kappa shape index (κ2) is 3.96. The van der Waals surface area contributed by atoms with Gasteiger partial charge in [0.2, 0.25) is 0 Å². The predicted octanol–water partition coefficient (Wildman–Crippen LogP) is 0.394. The average Bonchev–Trinajstić information content (AvgIpc) is 2.75. The van der Waals surface area contributed by atoms with E-state index in [1.807, 2.05) is 13.0 Å². The first-order valence-corrected chi connectivity index (χ1v) is 5.84. The summed E-state index contributed by atoms with van der Waals surface area (Å²) >= 11 is 0. The molecule has 3 heterocycles. The summed E-state index contributed by atoms with van der Waals surface area (Å²) in [4.78, 5) is 10.6. The summed E-state index contributed by atoms with van der Waals surface area (Å²) in [5.74, 6) is 1.57. The van der Waals surface area contributed by atoms with Crippen molar-refractivity contribution >= 4 is 11.6 Å². The number of rotatable bonds is 1. The van der Waals surface area contributed by atoms with Gasteiger partial charge in [0, 0.05) is 24.8 Å². The third kappa shape index (κ3) is 1.84. The zero-order chi connectivity index (χ0) is 11.8. The summed E-state index contributed by atoms with van der Waals surface area (Å²) in [6, 6.07) is 1.99.